The van der Waals surface area contributed by atoms with Gasteiger partial charge in [-0.2, -0.15) is 0 Å². The Morgan fingerprint density at radius 3 is 2.34 bits per heavy atom. The van der Waals surface area contributed by atoms with Crippen LogP contribution >= 0.6 is 0 Å². The predicted octanol–water partition coefficient (Wildman–Crippen LogP) is 2.10. The molecule has 0 bridgehead atoms. The summed E-state index contributed by atoms with van der Waals surface area (Å²) in [6, 6.07) is 12.0. The Morgan fingerprint density at radius 1 is 1.07 bits per heavy atom. The van der Waals surface area contributed by atoms with Gasteiger partial charge in [-0.3, -0.25) is 4.79 Å². The molecule has 7 nitrogen and oxygen atoms in total. The first-order valence-corrected chi connectivity index (χ1v) is 10.1. The molecule has 0 aliphatic carbocycles. The number of piperazine rings is 1. The topological polar surface area (TPSA) is 60.9 Å². The van der Waals surface area contributed by atoms with Gasteiger partial charge >= 0.3 is 0 Å². The molecule has 0 spiro atoms. The number of methoxy groups -OCH3 is 1. The zero-order chi connectivity index (χ0) is 20.6. The Labute approximate surface area is 173 Å². The van der Waals surface area contributed by atoms with Crippen LogP contribution in [0.1, 0.15) is 16.8 Å². The molecule has 3 rings (SSSR count). The van der Waals surface area contributed by atoms with Crippen LogP contribution in [0, 0.1) is 0 Å². The molecule has 2 aromatic rings. The van der Waals surface area contributed by atoms with Crippen LogP contribution < -0.4 is 19.9 Å². The number of ether oxygens (including phenoxy) is 1. The van der Waals surface area contributed by atoms with Gasteiger partial charge in [0.05, 0.1) is 12.7 Å². The maximum Gasteiger partial charge on any atom is 0.252 e. The number of anilines is 2. The van der Waals surface area contributed by atoms with Crippen LogP contribution in [-0.4, -0.2) is 76.3 Å². The molecule has 1 aromatic carbocycles. The summed E-state index contributed by atoms with van der Waals surface area (Å²) in [5.74, 6) is 1.73. The molecule has 1 N–H and O–H groups in total. The number of hydrogen-bond donors (Lipinski definition) is 1. The van der Waals surface area contributed by atoms with Gasteiger partial charge in [-0.15, -0.1) is 0 Å². The van der Waals surface area contributed by atoms with Crippen LogP contribution in [0.15, 0.2) is 42.6 Å². The van der Waals surface area contributed by atoms with Crippen molar-refractivity contribution in [2.24, 2.45) is 0 Å². The van der Waals surface area contributed by atoms with E-state index in [0.717, 1.165) is 50.7 Å². The molecule has 0 saturated carbocycles. The van der Waals surface area contributed by atoms with Crippen molar-refractivity contribution in [3.8, 4) is 5.75 Å². The van der Waals surface area contributed by atoms with Gasteiger partial charge in [0.15, 0.2) is 0 Å². The molecule has 2 heterocycles. The van der Waals surface area contributed by atoms with Crippen molar-refractivity contribution in [1.82, 2.24) is 15.2 Å². The normalized spacial score (nSPS) is 14.2. The first-order chi connectivity index (χ1) is 14.1. The Morgan fingerprint density at radius 2 is 1.76 bits per heavy atom. The zero-order valence-electron chi connectivity index (χ0n) is 17.6. The predicted molar refractivity (Wildman–Crippen MR) is 117 cm³/mol. The molecule has 1 aromatic heterocycles. The molecule has 29 heavy (non-hydrogen) atoms. The third-order valence-electron chi connectivity index (χ3n) is 5.12. The van der Waals surface area contributed by atoms with Gasteiger partial charge in [-0.25, -0.2) is 4.98 Å². The monoisotopic (exact) mass is 397 g/mol. The van der Waals surface area contributed by atoms with Gasteiger partial charge in [0.25, 0.3) is 5.91 Å². The summed E-state index contributed by atoms with van der Waals surface area (Å²) in [6.45, 7) is 5.29. The van der Waals surface area contributed by atoms with E-state index in [0.29, 0.717) is 12.1 Å². The summed E-state index contributed by atoms with van der Waals surface area (Å²) in [5, 5.41) is 2.95. The second-order valence-corrected chi connectivity index (χ2v) is 7.49. The van der Waals surface area contributed by atoms with Gasteiger partial charge in [0.2, 0.25) is 0 Å². The second kappa shape index (κ2) is 10.1. The number of carbonyl (C=O) groups is 1. The van der Waals surface area contributed by atoms with Gasteiger partial charge in [0.1, 0.15) is 11.6 Å². The minimum Gasteiger partial charge on any atom is -0.497 e. The zero-order valence-corrected chi connectivity index (χ0v) is 17.6. The maximum absolute atomic E-state index is 12.2. The molecule has 1 saturated heterocycles. The van der Waals surface area contributed by atoms with E-state index in [1.165, 1.54) is 5.69 Å². The smallest absolute Gasteiger partial charge is 0.252 e. The molecule has 1 amide bonds. The third kappa shape index (κ3) is 5.84. The Kier molecular flexibility index (Phi) is 7.30. The molecular weight excluding hydrogens is 366 g/mol. The lowest BCUT2D eigenvalue weighted by Gasteiger charge is -2.36. The number of rotatable bonds is 8. The standard InChI is InChI=1S/C22H31N5O2/c1-25(2)12-4-11-23-22(28)18-5-10-21(24-17-18)27-15-13-26(14-16-27)19-6-8-20(29-3)9-7-19/h5-10,17H,4,11-16H2,1-3H3,(H,23,28). The summed E-state index contributed by atoms with van der Waals surface area (Å²) in [5.41, 5.74) is 1.81. The number of carbonyl (C=O) groups excluding carboxylic acids is 1. The molecule has 0 atom stereocenters. The van der Waals surface area contributed by atoms with Crippen LogP contribution in [0.2, 0.25) is 0 Å². The highest BCUT2D eigenvalue weighted by atomic mass is 16.5. The van der Waals surface area contributed by atoms with E-state index < -0.39 is 0 Å². The van der Waals surface area contributed by atoms with Crippen molar-refractivity contribution < 1.29 is 9.53 Å². The van der Waals surface area contributed by atoms with Crippen molar-refractivity contribution in [2.75, 3.05) is 70.3 Å². The number of pyridine rings is 1. The van der Waals surface area contributed by atoms with Gasteiger partial charge in [-0.1, -0.05) is 0 Å². The molecule has 1 fully saturated rings. The first kappa shape index (κ1) is 20.9. The van der Waals surface area contributed by atoms with E-state index in [1.54, 1.807) is 13.3 Å². The lowest BCUT2D eigenvalue weighted by Crippen LogP contribution is -2.46. The number of aromatic nitrogens is 1. The van der Waals surface area contributed by atoms with E-state index in [9.17, 15) is 4.79 Å². The van der Waals surface area contributed by atoms with E-state index in [4.69, 9.17) is 4.74 Å². The highest BCUT2D eigenvalue weighted by molar-refractivity contribution is 5.94. The summed E-state index contributed by atoms with van der Waals surface area (Å²) in [4.78, 5) is 23.5. The number of nitrogens with one attached hydrogen (secondary N) is 1. The minimum atomic E-state index is -0.0628. The molecule has 0 unspecified atom stereocenters. The molecule has 156 valence electrons. The molecular formula is C22H31N5O2. The van der Waals surface area contributed by atoms with Crippen LogP contribution in [0.4, 0.5) is 11.5 Å². The SMILES string of the molecule is COc1ccc(N2CCN(c3ccc(C(=O)NCCCN(C)C)cn3)CC2)cc1. The van der Waals surface area contributed by atoms with Crippen molar-refractivity contribution in [3.63, 3.8) is 0 Å². The van der Waals surface area contributed by atoms with Crippen LogP contribution in [0.3, 0.4) is 0 Å². The lowest BCUT2D eigenvalue weighted by molar-refractivity contribution is 0.0952. The van der Waals surface area contributed by atoms with Crippen LogP contribution in [-0.2, 0) is 0 Å². The fourth-order valence-corrected chi connectivity index (χ4v) is 3.39. The van der Waals surface area contributed by atoms with Crippen LogP contribution in [0.25, 0.3) is 0 Å². The van der Waals surface area contributed by atoms with Crippen molar-refractivity contribution in [3.05, 3.63) is 48.2 Å². The highest BCUT2D eigenvalue weighted by Crippen LogP contribution is 2.22. The quantitative estimate of drug-likeness (QED) is 0.689. The van der Waals surface area contributed by atoms with E-state index in [2.05, 4.69) is 37.1 Å². The first-order valence-electron chi connectivity index (χ1n) is 10.1. The summed E-state index contributed by atoms with van der Waals surface area (Å²) in [7, 11) is 5.74. The Bertz CT molecular complexity index is 769. The average molecular weight is 398 g/mol. The lowest BCUT2D eigenvalue weighted by atomic mass is 10.2. The molecule has 1 aliphatic rings. The Hall–Kier alpha value is -2.80. The number of benzene rings is 1. The fraction of sp³-hybridized carbons (Fsp3) is 0.455. The minimum absolute atomic E-state index is 0.0628. The summed E-state index contributed by atoms with van der Waals surface area (Å²) < 4.78 is 5.23. The van der Waals surface area contributed by atoms with Crippen molar-refractivity contribution in [2.45, 2.75) is 6.42 Å². The van der Waals surface area contributed by atoms with Crippen molar-refractivity contribution in [1.29, 1.82) is 0 Å². The molecule has 0 radical (unpaired) electrons. The average Bonchev–Trinajstić information content (AvgIpc) is 2.77. The summed E-state index contributed by atoms with van der Waals surface area (Å²) in [6.07, 6.45) is 2.61. The van der Waals surface area contributed by atoms with E-state index >= 15 is 0 Å². The van der Waals surface area contributed by atoms with Gasteiger partial charge in [-0.05, 0) is 63.5 Å². The third-order valence-corrected chi connectivity index (χ3v) is 5.12. The fourth-order valence-electron chi connectivity index (χ4n) is 3.39. The Balaban J connectivity index is 1.48. The largest absolute Gasteiger partial charge is 0.497 e. The molecule has 1 aliphatic heterocycles. The summed E-state index contributed by atoms with van der Waals surface area (Å²) >= 11 is 0. The second-order valence-electron chi connectivity index (χ2n) is 7.49. The van der Waals surface area contributed by atoms with Gasteiger partial charge < -0.3 is 24.8 Å². The van der Waals surface area contributed by atoms with E-state index in [-0.39, 0.29) is 5.91 Å². The van der Waals surface area contributed by atoms with E-state index in [1.807, 2.05) is 38.4 Å². The molecule has 7 heteroatoms. The number of nitrogens with zero attached hydrogens (tertiary/aromatic N) is 4. The van der Waals surface area contributed by atoms with Gasteiger partial charge in [0, 0.05) is 44.6 Å². The highest BCUT2D eigenvalue weighted by Gasteiger charge is 2.18. The number of amides is 1. The maximum atomic E-state index is 12.2. The van der Waals surface area contributed by atoms with Crippen molar-refractivity contribution >= 4 is 17.4 Å². The van der Waals surface area contributed by atoms with Crippen LogP contribution in [0.5, 0.6) is 5.75 Å². The number of hydrogen-bond acceptors (Lipinski definition) is 6.